The lowest BCUT2D eigenvalue weighted by Gasteiger charge is -2.21. The van der Waals surface area contributed by atoms with Crippen molar-refractivity contribution in [2.75, 3.05) is 0 Å². The zero-order valence-corrected chi connectivity index (χ0v) is 26.8. The summed E-state index contributed by atoms with van der Waals surface area (Å²) in [4.78, 5) is 10.9. The van der Waals surface area contributed by atoms with Crippen LogP contribution < -0.4 is 0 Å². The Morgan fingerprint density at radius 1 is 0.500 bits per heavy atom. The Morgan fingerprint density at radius 2 is 1.19 bits per heavy atom. The summed E-state index contributed by atoms with van der Waals surface area (Å²) in [5.74, 6) is 0.690. The van der Waals surface area contributed by atoms with Crippen molar-refractivity contribution < 1.29 is 0 Å². The standard InChI is InChI=1S/C45H31N3/c1-45(2)38-19-11-10-18-35(38)43-40(45)37-27-33(32-21-20-28-12-6-7-16-31(28)26-32)23-25-39(37)48(43)44-46-41(30-14-4-3-5-15-30)36-24-22-29-13-8-9-17-34(29)42(36)47-44/h3-27H,1-2H3. The van der Waals surface area contributed by atoms with Gasteiger partial charge >= 0.3 is 0 Å². The van der Waals surface area contributed by atoms with E-state index in [9.17, 15) is 0 Å². The van der Waals surface area contributed by atoms with Crippen molar-refractivity contribution in [3.8, 4) is 39.6 Å². The first-order valence-corrected chi connectivity index (χ1v) is 16.6. The molecule has 0 radical (unpaired) electrons. The largest absolute Gasteiger partial charge is 0.278 e. The summed E-state index contributed by atoms with van der Waals surface area (Å²) in [5.41, 5.74) is 11.4. The molecule has 0 bridgehead atoms. The predicted octanol–water partition coefficient (Wildman–Crippen LogP) is 11.5. The molecule has 0 saturated heterocycles. The van der Waals surface area contributed by atoms with Gasteiger partial charge < -0.3 is 0 Å². The zero-order chi connectivity index (χ0) is 32.0. The van der Waals surface area contributed by atoms with E-state index < -0.39 is 0 Å². The van der Waals surface area contributed by atoms with Crippen LogP contribution in [0.3, 0.4) is 0 Å². The van der Waals surface area contributed by atoms with Gasteiger partial charge in [0.1, 0.15) is 0 Å². The molecule has 9 aromatic rings. The molecule has 0 atom stereocenters. The van der Waals surface area contributed by atoms with E-state index in [1.54, 1.807) is 0 Å². The second-order valence-corrected chi connectivity index (χ2v) is 13.4. The number of fused-ring (bicyclic) bond motifs is 9. The minimum Gasteiger partial charge on any atom is -0.278 e. The Balaban J connectivity index is 1.32. The summed E-state index contributed by atoms with van der Waals surface area (Å²) in [7, 11) is 0. The van der Waals surface area contributed by atoms with Gasteiger partial charge in [-0.25, -0.2) is 9.97 Å². The Kier molecular flexibility index (Phi) is 5.63. The third-order valence-corrected chi connectivity index (χ3v) is 10.4. The summed E-state index contributed by atoms with van der Waals surface area (Å²) in [6.07, 6.45) is 0. The monoisotopic (exact) mass is 613 g/mol. The van der Waals surface area contributed by atoms with Gasteiger partial charge in [-0.15, -0.1) is 0 Å². The fourth-order valence-electron chi connectivity index (χ4n) is 8.07. The van der Waals surface area contributed by atoms with Crippen molar-refractivity contribution in [2.24, 2.45) is 0 Å². The lowest BCUT2D eigenvalue weighted by molar-refractivity contribution is 0.666. The van der Waals surface area contributed by atoms with E-state index in [1.165, 1.54) is 55.1 Å². The molecule has 3 heteroatoms. The van der Waals surface area contributed by atoms with Gasteiger partial charge in [0.2, 0.25) is 5.95 Å². The van der Waals surface area contributed by atoms with Crippen LogP contribution in [0.1, 0.15) is 25.0 Å². The molecule has 0 spiro atoms. The SMILES string of the molecule is CC1(C)c2ccccc2-c2c1c1cc(-c3ccc4ccccc4c3)ccc1n2-c1nc(-c2ccccc2)c2ccc3ccccc3c2n1. The van der Waals surface area contributed by atoms with Crippen LogP contribution in [0.2, 0.25) is 0 Å². The summed E-state index contributed by atoms with van der Waals surface area (Å²) in [6, 6.07) is 54.5. The molecule has 0 fully saturated rings. The summed E-state index contributed by atoms with van der Waals surface area (Å²) in [5, 5.41) is 7.08. The lowest BCUT2D eigenvalue weighted by Crippen LogP contribution is -2.14. The molecule has 0 N–H and O–H groups in total. The first-order chi connectivity index (χ1) is 23.6. The minimum absolute atomic E-state index is 0.205. The Bertz CT molecular complexity index is 2750. The maximum absolute atomic E-state index is 5.45. The number of nitrogens with zero attached hydrogens (tertiary/aromatic N) is 3. The van der Waals surface area contributed by atoms with Crippen LogP contribution in [0.25, 0.3) is 82.9 Å². The van der Waals surface area contributed by atoms with Crippen LogP contribution in [-0.2, 0) is 5.41 Å². The fraction of sp³-hybridized carbons (Fsp3) is 0.0667. The van der Waals surface area contributed by atoms with Crippen LogP contribution in [-0.4, -0.2) is 14.5 Å². The van der Waals surface area contributed by atoms with Gasteiger partial charge in [-0.2, -0.15) is 0 Å². The van der Waals surface area contributed by atoms with Crippen LogP contribution in [0.5, 0.6) is 0 Å². The van der Waals surface area contributed by atoms with E-state index in [4.69, 9.17) is 9.97 Å². The highest BCUT2D eigenvalue weighted by Gasteiger charge is 2.41. The van der Waals surface area contributed by atoms with Gasteiger partial charge in [0, 0.05) is 32.7 Å². The van der Waals surface area contributed by atoms with Crippen LogP contribution >= 0.6 is 0 Å². The number of hydrogen-bond donors (Lipinski definition) is 0. The number of aromatic nitrogens is 3. The number of rotatable bonds is 3. The van der Waals surface area contributed by atoms with Crippen molar-refractivity contribution in [3.63, 3.8) is 0 Å². The van der Waals surface area contributed by atoms with Crippen molar-refractivity contribution in [1.82, 2.24) is 14.5 Å². The van der Waals surface area contributed by atoms with Gasteiger partial charge in [0.25, 0.3) is 0 Å². The van der Waals surface area contributed by atoms with E-state index in [0.29, 0.717) is 5.95 Å². The minimum atomic E-state index is -0.205. The van der Waals surface area contributed by atoms with E-state index in [-0.39, 0.29) is 5.41 Å². The van der Waals surface area contributed by atoms with Gasteiger partial charge in [-0.3, -0.25) is 4.57 Å². The van der Waals surface area contributed by atoms with Crippen LogP contribution in [0, 0.1) is 0 Å². The normalized spacial score (nSPS) is 13.4. The molecule has 2 heterocycles. The van der Waals surface area contributed by atoms with Crippen molar-refractivity contribution in [1.29, 1.82) is 0 Å². The first-order valence-electron chi connectivity index (χ1n) is 16.6. The molecular weight excluding hydrogens is 583 g/mol. The molecular formula is C45H31N3. The Morgan fingerprint density at radius 3 is 2.06 bits per heavy atom. The number of benzene rings is 7. The highest BCUT2D eigenvalue weighted by atomic mass is 15.2. The maximum Gasteiger partial charge on any atom is 0.235 e. The summed E-state index contributed by atoms with van der Waals surface area (Å²) >= 11 is 0. The average Bonchev–Trinajstić information content (AvgIpc) is 3.61. The second kappa shape index (κ2) is 9.97. The van der Waals surface area contributed by atoms with E-state index >= 15 is 0 Å². The van der Waals surface area contributed by atoms with Crippen LogP contribution in [0.15, 0.2) is 152 Å². The number of hydrogen-bond acceptors (Lipinski definition) is 2. The molecule has 0 saturated carbocycles. The Labute approximate surface area is 278 Å². The van der Waals surface area contributed by atoms with E-state index in [0.717, 1.165) is 33.1 Å². The van der Waals surface area contributed by atoms with E-state index in [1.807, 2.05) is 0 Å². The van der Waals surface area contributed by atoms with Crippen molar-refractivity contribution >= 4 is 43.4 Å². The third-order valence-electron chi connectivity index (χ3n) is 10.4. The highest BCUT2D eigenvalue weighted by molar-refractivity contribution is 6.10. The summed E-state index contributed by atoms with van der Waals surface area (Å²) in [6.45, 7) is 4.71. The van der Waals surface area contributed by atoms with Gasteiger partial charge in [-0.1, -0.05) is 141 Å². The molecule has 10 rings (SSSR count). The van der Waals surface area contributed by atoms with Crippen molar-refractivity contribution in [3.05, 3.63) is 163 Å². The predicted molar refractivity (Wildman–Crippen MR) is 200 cm³/mol. The van der Waals surface area contributed by atoms with Gasteiger partial charge in [0.15, 0.2) is 0 Å². The molecule has 0 amide bonds. The molecule has 1 aliphatic carbocycles. The highest BCUT2D eigenvalue weighted by Crippen LogP contribution is 2.54. The van der Waals surface area contributed by atoms with Crippen LogP contribution in [0.4, 0.5) is 0 Å². The van der Waals surface area contributed by atoms with Gasteiger partial charge in [-0.05, 0) is 62.7 Å². The zero-order valence-electron chi connectivity index (χ0n) is 26.8. The summed E-state index contributed by atoms with van der Waals surface area (Å²) < 4.78 is 2.33. The average molecular weight is 614 g/mol. The maximum atomic E-state index is 5.45. The molecule has 0 aliphatic heterocycles. The Hall–Kier alpha value is -6.06. The molecule has 48 heavy (non-hydrogen) atoms. The van der Waals surface area contributed by atoms with E-state index in [2.05, 4.69) is 170 Å². The molecule has 226 valence electrons. The lowest BCUT2D eigenvalue weighted by atomic mass is 9.81. The topological polar surface area (TPSA) is 30.7 Å². The molecule has 7 aromatic carbocycles. The third kappa shape index (κ3) is 3.82. The second-order valence-electron chi connectivity index (χ2n) is 13.4. The molecule has 0 unspecified atom stereocenters. The molecule has 3 nitrogen and oxygen atoms in total. The smallest absolute Gasteiger partial charge is 0.235 e. The molecule has 1 aliphatic rings. The fourth-order valence-corrected chi connectivity index (χ4v) is 8.07. The quantitative estimate of drug-likeness (QED) is 0.186. The first kappa shape index (κ1) is 27.1. The molecule has 2 aromatic heterocycles. The van der Waals surface area contributed by atoms with Gasteiger partial charge in [0.05, 0.1) is 22.4 Å². The van der Waals surface area contributed by atoms with Crippen molar-refractivity contribution in [2.45, 2.75) is 19.3 Å².